The molecular formula is C17H21N3O4S. The van der Waals surface area contributed by atoms with E-state index in [2.05, 4.69) is 10.3 Å². The third kappa shape index (κ3) is 3.30. The molecule has 2 heterocycles. The van der Waals surface area contributed by atoms with Gasteiger partial charge in [-0.05, 0) is 38.2 Å². The fourth-order valence-electron chi connectivity index (χ4n) is 3.20. The SMILES string of the molecule is CCC(C)NC(=O)Cn1cnc2sc3c(c2c1=O)C(C(=O)O)CCC3. The minimum absolute atomic E-state index is 0.0326. The van der Waals surface area contributed by atoms with Crippen molar-refractivity contribution in [2.24, 2.45) is 0 Å². The summed E-state index contributed by atoms with van der Waals surface area (Å²) in [6.45, 7) is 3.75. The summed E-state index contributed by atoms with van der Waals surface area (Å²) in [7, 11) is 0. The standard InChI is InChI=1S/C17H21N3O4S/c1-3-9(2)19-12(21)7-20-8-18-15-14(16(20)22)13-10(17(23)24)5-4-6-11(13)25-15/h8-10H,3-7H2,1-2H3,(H,19,21)(H,23,24). The first kappa shape index (κ1) is 17.6. The van der Waals surface area contributed by atoms with Gasteiger partial charge in [0.1, 0.15) is 11.4 Å². The molecule has 0 radical (unpaired) electrons. The van der Waals surface area contributed by atoms with E-state index in [1.807, 2.05) is 13.8 Å². The molecule has 2 aromatic rings. The van der Waals surface area contributed by atoms with Gasteiger partial charge in [-0.3, -0.25) is 19.0 Å². The van der Waals surface area contributed by atoms with E-state index < -0.39 is 11.9 Å². The predicted molar refractivity (Wildman–Crippen MR) is 95.1 cm³/mol. The number of aromatic nitrogens is 2. The van der Waals surface area contributed by atoms with Crippen LogP contribution < -0.4 is 10.9 Å². The number of carbonyl (C=O) groups excluding carboxylic acids is 1. The molecular weight excluding hydrogens is 342 g/mol. The van der Waals surface area contributed by atoms with Crippen molar-refractivity contribution in [1.29, 1.82) is 0 Å². The van der Waals surface area contributed by atoms with Gasteiger partial charge in [-0.15, -0.1) is 11.3 Å². The van der Waals surface area contributed by atoms with Crippen LogP contribution in [0.25, 0.3) is 10.2 Å². The van der Waals surface area contributed by atoms with E-state index in [1.165, 1.54) is 22.2 Å². The highest BCUT2D eigenvalue weighted by Crippen LogP contribution is 2.40. The lowest BCUT2D eigenvalue weighted by molar-refractivity contribution is -0.139. The van der Waals surface area contributed by atoms with Crippen LogP contribution in [0.15, 0.2) is 11.1 Å². The third-order valence-corrected chi connectivity index (χ3v) is 5.84. The van der Waals surface area contributed by atoms with Crippen molar-refractivity contribution in [3.05, 3.63) is 27.1 Å². The van der Waals surface area contributed by atoms with E-state index in [9.17, 15) is 19.5 Å². The lowest BCUT2D eigenvalue weighted by Gasteiger charge is -2.19. The quantitative estimate of drug-likeness (QED) is 0.844. The van der Waals surface area contributed by atoms with Gasteiger partial charge < -0.3 is 10.4 Å². The number of amides is 1. The van der Waals surface area contributed by atoms with E-state index >= 15 is 0 Å². The zero-order valence-electron chi connectivity index (χ0n) is 14.2. The second-order valence-corrected chi connectivity index (χ2v) is 7.54. The van der Waals surface area contributed by atoms with Gasteiger partial charge >= 0.3 is 5.97 Å². The van der Waals surface area contributed by atoms with Crippen LogP contribution in [0.1, 0.15) is 49.5 Å². The van der Waals surface area contributed by atoms with Crippen LogP contribution in [0, 0.1) is 0 Å². The van der Waals surface area contributed by atoms with Gasteiger partial charge in [-0.1, -0.05) is 6.92 Å². The van der Waals surface area contributed by atoms with E-state index in [4.69, 9.17) is 0 Å². The molecule has 2 aromatic heterocycles. The molecule has 25 heavy (non-hydrogen) atoms. The van der Waals surface area contributed by atoms with Crippen LogP contribution in [-0.4, -0.2) is 32.6 Å². The molecule has 2 unspecified atom stereocenters. The van der Waals surface area contributed by atoms with Crippen molar-refractivity contribution in [2.45, 2.75) is 58.0 Å². The Bertz CT molecular complexity index is 886. The summed E-state index contributed by atoms with van der Waals surface area (Å²) in [6.07, 6.45) is 4.27. The highest BCUT2D eigenvalue weighted by Gasteiger charge is 2.32. The number of nitrogens with zero attached hydrogens (tertiary/aromatic N) is 2. The molecule has 3 rings (SSSR count). The highest BCUT2D eigenvalue weighted by molar-refractivity contribution is 7.18. The second kappa shape index (κ2) is 6.95. The molecule has 2 N–H and O–H groups in total. The van der Waals surface area contributed by atoms with Crippen LogP contribution in [0.2, 0.25) is 0 Å². The third-order valence-electron chi connectivity index (χ3n) is 4.67. The van der Waals surface area contributed by atoms with Gasteiger partial charge in [0.2, 0.25) is 5.91 Å². The predicted octanol–water partition coefficient (Wildman–Crippen LogP) is 1.88. The number of rotatable bonds is 5. The van der Waals surface area contributed by atoms with E-state index in [0.29, 0.717) is 22.2 Å². The Morgan fingerprint density at radius 3 is 2.96 bits per heavy atom. The minimum Gasteiger partial charge on any atom is -0.481 e. The first-order chi connectivity index (χ1) is 11.9. The van der Waals surface area contributed by atoms with Gasteiger partial charge in [0.25, 0.3) is 5.56 Å². The van der Waals surface area contributed by atoms with Gasteiger partial charge in [0.15, 0.2) is 0 Å². The molecule has 1 amide bonds. The maximum absolute atomic E-state index is 12.9. The molecule has 0 fully saturated rings. The van der Waals surface area contributed by atoms with Crippen molar-refractivity contribution in [3.63, 3.8) is 0 Å². The monoisotopic (exact) mass is 363 g/mol. The maximum atomic E-state index is 12.9. The molecule has 2 atom stereocenters. The van der Waals surface area contributed by atoms with Crippen LogP contribution in [0.4, 0.5) is 0 Å². The fourth-order valence-corrected chi connectivity index (χ4v) is 4.43. The van der Waals surface area contributed by atoms with E-state index in [1.54, 1.807) is 0 Å². The van der Waals surface area contributed by atoms with E-state index in [-0.39, 0.29) is 24.1 Å². The summed E-state index contributed by atoms with van der Waals surface area (Å²) in [5, 5.41) is 12.7. The molecule has 134 valence electrons. The number of hydrogen-bond donors (Lipinski definition) is 2. The zero-order chi connectivity index (χ0) is 18.1. The molecule has 7 nitrogen and oxygen atoms in total. The van der Waals surface area contributed by atoms with Crippen molar-refractivity contribution in [1.82, 2.24) is 14.9 Å². The number of hydrogen-bond acceptors (Lipinski definition) is 5. The Morgan fingerprint density at radius 2 is 2.28 bits per heavy atom. The lowest BCUT2D eigenvalue weighted by atomic mass is 9.86. The summed E-state index contributed by atoms with van der Waals surface area (Å²) in [5.41, 5.74) is 0.267. The van der Waals surface area contributed by atoms with Gasteiger partial charge in [0, 0.05) is 10.9 Å². The van der Waals surface area contributed by atoms with Crippen LogP contribution in [0.3, 0.4) is 0 Å². The number of aryl methyl sites for hydroxylation is 1. The molecule has 8 heteroatoms. The summed E-state index contributed by atoms with van der Waals surface area (Å²) in [5.74, 6) is -1.83. The number of carboxylic acid groups (broad SMARTS) is 1. The molecule has 0 spiro atoms. The highest BCUT2D eigenvalue weighted by atomic mass is 32.1. The van der Waals surface area contributed by atoms with Crippen molar-refractivity contribution in [2.75, 3.05) is 0 Å². The van der Waals surface area contributed by atoms with Gasteiger partial charge in [-0.2, -0.15) is 0 Å². The molecule has 0 saturated carbocycles. The number of fused-ring (bicyclic) bond motifs is 3. The smallest absolute Gasteiger partial charge is 0.311 e. The average Bonchev–Trinajstić information content (AvgIpc) is 2.96. The lowest BCUT2D eigenvalue weighted by Crippen LogP contribution is -2.37. The Hall–Kier alpha value is -2.22. The number of aliphatic carboxylic acids is 1. The van der Waals surface area contributed by atoms with Gasteiger partial charge in [-0.25, -0.2) is 4.98 Å². The maximum Gasteiger partial charge on any atom is 0.311 e. The van der Waals surface area contributed by atoms with Crippen molar-refractivity contribution >= 4 is 33.4 Å². The molecule has 1 aliphatic rings. The van der Waals surface area contributed by atoms with Crippen LogP contribution in [0.5, 0.6) is 0 Å². The first-order valence-electron chi connectivity index (χ1n) is 8.45. The Labute approximate surface area is 148 Å². The Balaban J connectivity index is 2.02. The number of carboxylic acids is 1. The Kier molecular flexibility index (Phi) is 4.89. The molecule has 0 aliphatic heterocycles. The number of thiophene rings is 1. The van der Waals surface area contributed by atoms with Crippen LogP contribution in [-0.2, 0) is 22.6 Å². The van der Waals surface area contributed by atoms with Crippen LogP contribution >= 0.6 is 11.3 Å². The molecule has 0 bridgehead atoms. The largest absolute Gasteiger partial charge is 0.481 e. The fraction of sp³-hybridized carbons (Fsp3) is 0.529. The summed E-state index contributed by atoms with van der Waals surface area (Å²) in [4.78, 5) is 42.3. The van der Waals surface area contributed by atoms with Crippen molar-refractivity contribution in [3.8, 4) is 0 Å². The number of carbonyl (C=O) groups is 2. The molecule has 1 aliphatic carbocycles. The summed E-state index contributed by atoms with van der Waals surface area (Å²) in [6, 6.07) is 0.0326. The normalized spacial score (nSPS) is 17.9. The van der Waals surface area contributed by atoms with Crippen molar-refractivity contribution < 1.29 is 14.7 Å². The molecule has 0 aromatic carbocycles. The summed E-state index contributed by atoms with van der Waals surface area (Å²) < 4.78 is 1.26. The topological polar surface area (TPSA) is 101 Å². The summed E-state index contributed by atoms with van der Waals surface area (Å²) >= 11 is 1.39. The zero-order valence-corrected chi connectivity index (χ0v) is 15.1. The van der Waals surface area contributed by atoms with Gasteiger partial charge in [0.05, 0.1) is 17.6 Å². The first-order valence-corrected chi connectivity index (χ1v) is 9.26. The number of nitrogens with one attached hydrogen (secondary N) is 1. The average molecular weight is 363 g/mol. The second-order valence-electron chi connectivity index (χ2n) is 6.46. The minimum atomic E-state index is -0.912. The molecule has 0 saturated heterocycles. The Morgan fingerprint density at radius 1 is 1.52 bits per heavy atom. The van der Waals surface area contributed by atoms with E-state index in [0.717, 1.165) is 24.1 Å².